The first-order valence-corrected chi connectivity index (χ1v) is 10.2. The van der Waals surface area contributed by atoms with Crippen molar-refractivity contribution in [2.24, 2.45) is 17.3 Å². The van der Waals surface area contributed by atoms with Gasteiger partial charge in [-0.3, -0.25) is 9.69 Å². The number of carbonyl (C=O) groups is 1. The van der Waals surface area contributed by atoms with Crippen LogP contribution in [-0.4, -0.2) is 55.6 Å². The van der Waals surface area contributed by atoms with Gasteiger partial charge in [-0.1, -0.05) is 27.2 Å². The quantitative estimate of drug-likeness (QED) is 0.775. The summed E-state index contributed by atoms with van der Waals surface area (Å²) in [5, 5.41) is 2.47. The molecule has 6 heteroatoms. The van der Waals surface area contributed by atoms with E-state index in [1.54, 1.807) is 12.1 Å². The third kappa shape index (κ3) is 4.42. The van der Waals surface area contributed by atoms with Gasteiger partial charge in [0.15, 0.2) is 0 Å². The molecule has 1 aliphatic heterocycles. The van der Waals surface area contributed by atoms with E-state index in [9.17, 15) is 9.18 Å². The molecule has 27 heavy (non-hydrogen) atoms. The van der Waals surface area contributed by atoms with Crippen molar-refractivity contribution in [1.29, 1.82) is 0 Å². The van der Waals surface area contributed by atoms with E-state index in [4.69, 9.17) is 0 Å². The Labute approximate surface area is 162 Å². The van der Waals surface area contributed by atoms with Crippen LogP contribution in [0.2, 0.25) is 0 Å². The van der Waals surface area contributed by atoms with Crippen molar-refractivity contribution in [3.05, 3.63) is 23.8 Å². The summed E-state index contributed by atoms with van der Waals surface area (Å²) >= 11 is 0. The number of rotatable bonds is 6. The number of anilines is 1. The van der Waals surface area contributed by atoms with E-state index in [0.717, 1.165) is 38.0 Å². The molecule has 3 rings (SSSR count). The lowest BCUT2D eigenvalue weighted by Crippen LogP contribution is -2.50. The lowest BCUT2D eigenvalue weighted by molar-refractivity contribution is 0.0361. The second-order valence-corrected chi connectivity index (χ2v) is 8.75. The van der Waals surface area contributed by atoms with Gasteiger partial charge >= 0.3 is 0 Å². The first-order valence-electron chi connectivity index (χ1n) is 10.2. The SMILES string of the molecule is CCC(C)(C)C1CC(CN2CCN(c3ccc(C(=O)NC)nc3F)CC2)C1. The molecule has 1 saturated carbocycles. The molecule has 1 saturated heterocycles. The van der Waals surface area contributed by atoms with Crippen LogP contribution >= 0.6 is 0 Å². The second-order valence-electron chi connectivity index (χ2n) is 8.75. The summed E-state index contributed by atoms with van der Waals surface area (Å²) in [6.45, 7) is 11.8. The molecule has 1 aliphatic carbocycles. The monoisotopic (exact) mass is 376 g/mol. The lowest BCUT2D eigenvalue weighted by Gasteiger charge is -2.47. The molecule has 150 valence electrons. The molecule has 0 aromatic carbocycles. The Morgan fingerprint density at radius 3 is 2.48 bits per heavy atom. The van der Waals surface area contributed by atoms with Crippen LogP contribution in [0.1, 0.15) is 50.5 Å². The summed E-state index contributed by atoms with van der Waals surface area (Å²) in [5.41, 5.74) is 1.09. The van der Waals surface area contributed by atoms with Crippen molar-refractivity contribution in [3.63, 3.8) is 0 Å². The Morgan fingerprint density at radius 1 is 1.26 bits per heavy atom. The highest BCUT2D eigenvalue weighted by molar-refractivity contribution is 5.92. The average molecular weight is 377 g/mol. The summed E-state index contributed by atoms with van der Waals surface area (Å²) in [7, 11) is 1.52. The van der Waals surface area contributed by atoms with Crippen molar-refractivity contribution >= 4 is 11.6 Å². The Morgan fingerprint density at radius 2 is 1.93 bits per heavy atom. The fraction of sp³-hybridized carbons (Fsp3) is 0.714. The van der Waals surface area contributed by atoms with Gasteiger partial charge in [0.2, 0.25) is 5.95 Å². The molecule has 1 N–H and O–H groups in total. The first-order chi connectivity index (χ1) is 12.8. The first kappa shape index (κ1) is 20.1. The highest BCUT2D eigenvalue weighted by atomic mass is 19.1. The smallest absolute Gasteiger partial charge is 0.269 e. The van der Waals surface area contributed by atoms with E-state index < -0.39 is 5.95 Å². The molecule has 0 atom stereocenters. The summed E-state index contributed by atoms with van der Waals surface area (Å²) in [5.74, 6) is 0.758. The lowest BCUT2D eigenvalue weighted by atomic mass is 9.61. The van der Waals surface area contributed by atoms with Gasteiger partial charge in [0.05, 0.1) is 5.69 Å². The predicted molar refractivity (Wildman–Crippen MR) is 107 cm³/mol. The molecule has 0 spiro atoms. The van der Waals surface area contributed by atoms with Crippen molar-refractivity contribution in [1.82, 2.24) is 15.2 Å². The Kier molecular flexibility index (Phi) is 6.04. The second kappa shape index (κ2) is 8.13. The van der Waals surface area contributed by atoms with Crippen LogP contribution in [0, 0.1) is 23.2 Å². The molecule has 5 nitrogen and oxygen atoms in total. The maximum absolute atomic E-state index is 14.3. The normalized spacial score (nSPS) is 23.8. The summed E-state index contributed by atoms with van der Waals surface area (Å²) in [4.78, 5) is 19.9. The van der Waals surface area contributed by atoms with Crippen molar-refractivity contribution in [3.8, 4) is 0 Å². The number of amides is 1. The molecule has 2 fully saturated rings. The topological polar surface area (TPSA) is 48.5 Å². The van der Waals surface area contributed by atoms with E-state index in [1.807, 2.05) is 4.90 Å². The Bertz CT molecular complexity index is 664. The van der Waals surface area contributed by atoms with E-state index in [2.05, 4.69) is 36.0 Å². The molecule has 0 radical (unpaired) electrons. The van der Waals surface area contributed by atoms with Crippen molar-refractivity contribution in [2.45, 2.75) is 40.0 Å². The number of nitrogens with zero attached hydrogens (tertiary/aromatic N) is 3. The van der Waals surface area contributed by atoms with Gasteiger partial charge in [-0.05, 0) is 42.2 Å². The van der Waals surface area contributed by atoms with E-state index in [-0.39, 0.29) is 11.6 Å². The minimum atomic E-state index is -0.562. The van der Waals surface area contributed by atoms with Crippen LogP contribution in [0.3, 0.4) is 0 Å². The van der Waals surface area contributed by atoms with E-state index >= 15 is 0 Å². The minimum absolute atomic E-state index is 0.118. The zero-order valence-electron chi connectivity index (χ0n) is 17.1. The van der Waals surface area contributed by atoms with Gasteiger partial charge in [-0.15, -0.1) is 0 Å². The molecular weight excluding hydrogens is 343 g/mol. The minimum Gasteiger partial charge on any atom is -0.365 e. The molecule has 2 heterocycles. The number of nitrogens with one attached hydrogen (secondary N) is 1. The van der Waals surface area contributed by atoms with Gasteiger partial charge in [0.25, 0.3) is 5.91 Å². The Balaban J connectivity index is 1.48. The molecule has 1 amide bonds. The summed E-state index contributed by atoms with van der Waals surface area (Å²) < 4.78 is 14.3. The fourth-order valence-electron chi connectivity index (χ4n) is 4.27. The van der Waals surface area contributed by atoms with E-state index in [1.165, 1.54) is 32.9 Å². The molecule has 1 aromatic rings. The van der Waals surface area contributed by atoms with Crippen molar-refractivity contribution < 1.29 is 9.18 Å². The zero-order valence-corrected chi connectivity index (χ0v) is 17.1. The third-order valence-electron chi connectivity index (χ3n) is 6.77. The summed E-state index contributed by atoms with van der Waals surface area (Å²) in [6.07, 6.45) is 3.95. The third-order valence-corrected chi connectivity index (χ3v) is 6.77. The molecule has 2 aliphatic rings. The van der Waals surface area contributed by atoms with Gasteiger partial charge in [0.1, 0.15) is 5.69 Å². The van der Waals surface area contributed by atoms with Gasteiger partial charge in [0, 0.05) is 39.8 Å². The van der Waals surface area contributed by atoms with Crippen molar-refractivity contribution in [2.75, 3.05) is 44.7 Å². The number of piperazine rings is 1. The highest BCUT2D eigenvalue weighted by Crippen LogP contribution is 2.47. The summed E-state index contributed by atoms with van der Waals surface area (Å²) in [6, 6.07) is 3.26. The van der Waals surface area contributed by atoms with Crippen LogP contribution in [0.25, 0.3) is 0 Å². The number of halogens is 1. The molecular formula is C21H33FN4O. The van der Waals surface area contributed by atoms with Crippen LogP contribution in [0.4, 0.5) is 10.1 Å². The molecule has 1 aromatic heterocycles. The van der Waals surface area contributed by atoms with Crippen LogP contribution in [0.15, 0.2) is 12.1 Å². The number of aromatic nitrogens is 1. The zero-order chi connectivity index (χ0) is 19.6. The van der Waals surface area contributed by atoms with Crippen LogP contribution in [-0.2, 0) is 0 Å². The maximum Gasteiger partial charge on any atom is 0.269 e. The van der Waals surface area contributed by atoms with Gasteiger partial charge < -0.3 is 10.2 Å². The number of pyridine rings is 1. The highest BCUT2D eigenvalue weighted by Gasteiger charge is 2.39. The number of carbonyl (C=O) groups excluding carboxylic acids is 1. The fourth-order valence-corrected chi connectivity index (χ4v) is 4.27. The maximum atomic E-state index is 14.3. The van der Waals surface area contributed by atoms with Gasteiger partial charge in [-0.25, -0.2) is 4.98 Å². The van der Waals surface area contributed by atoms with Crippen LogP contribution in [0.5, 0.6) is 0 Å². The molecule has 0 bridgehead atoms. The average Bonchev–Trinajstić information content (AvgIpc) is 2.64. The van der Waals surface area contributed by atoms with Crippen LogP contribution < -0.4 is 10.2 Å². The predicted octanol–water partition coefficient (Wildman–Crippen LogP) is 3.16. The molecule has 0 unspecified atom stereocenters. The number of hydrogen-bond donors (Lipinski definition) is 1. The van der Waals surface area contributed by atoms with E-state index in [0.29, 0.717) is 11.1 Å². The number of hydrogen-bond acceptors (Lipinski definition) is 4. The van der Waals surface area contributed by atoms with Gasteiger partial charge in [-0.2, -0.15) is 4.39 Å². The largest absolute Gasteiger partial charge is 0.365 e. The standard InChI is InChI=1S/C21H33FN4O/c1-5-21(2,3)16-12-15(13-16)14-25-8-10-26(11-9-25)18-7-6-17(20(27)23-4)24-19(18)22/h6-7,15-16H,5,8-14H2,1-4H3,(H,23,27). The Hall–Kier alpha value is -1.69.